The predicted octanol–water partition coefficient (Wildman–Crippen LogP) is 2.86. The molecule has 1 aliphatic carbocycles. The average molecular weight is 328 g/mol. The SMILES string of the molecule is CN=C(NCC(=O)Nc1ccccc1)N1CCC2(CCCCC2)C1. The van der Waals surface area contributed by atoms with Crippen LogP contribution in [-0.4, -0.2) is 43.4 Å². The van der Waals surface area contributed by atoms with E-state index in [-0.39, 0.29) is 12.5 Å². The summed E-state index contributed by atoms with van der Waals surface area (Å²) in [7, 11) is 1.79. The lowest BCUT2D eigenvalue weighted by Gasteiger charge is -2.33. The molecule has 1 saturated heterocycles. The first-order valence-electron chi connectivity index (χ1n) is 9.01. The number of guanidine groups is 1. The van der Waals surface area contributed by atoms with Crippen molar-refractivity contribution in [1.82, 2.24) is 10.2 Å². The van der Waals surface area contributed by atoms with E-state index in [1.54, 1.807) is 7.05 Å². The molecule has 24 heavy (non-hydrogen) atoms. The molecular weight excluding hydrogens is 300 g/mol. The van der Waals surface area contributed by atoms with Crippen molar-refractivity contribution < 1.29 is 4.79 Å². The summed E-state index contributed by atoms with van der Waals surface area (Å²) in [5, 5.41) is 6.11. The summed E-state index contributed by atoms with van der Waals surface area (Å²) in [6, 6.07) is 9.54. The van der Waals surface area contributed by atoms with Crippen LogP contribution in [0.15, 0.2) is 35.3 Å². The zero-order chi connectivity index (χ0) is 16.8. The van der Waals surface area contributed by atoms with Gasteiger partial charge in [0, 0.05) is 25.8 Å². The van der Waals surface area contributed by atoms with Gasteiger partial charge in [-0.1, -0.05) is 37.5 Å². The highest BCUT2D eigenvalue weighted by atomic mass is 16.1. The van der Waals surface area contributed by atoms with Crippen molar-refractivity contribution in [3.05, 3.63) is 30.3 Å². The average Bonchev–Trinajstić information content (AvgIpc) is 3.00. The van der Waals surface area contributed by atoms with E-state index in [9.17, 15) is 4.79 Å². The van der Waals surface area contributed by atoms with Crippen molar-refractivity contribution in [2.75, 3.05) is 32.0 Å². The van der Waals surface area contributed by atoms with Gasteiger partial charge in [0.25, 0.3) is 0 Å². The maximum absolute atomic E-state index is 12.1. The number of nitrogens with one attached hydrogen (secondary N) is 2. The van der Waals surface area contributed by atoms with Crippen LogP contribution in [0.4, 0.5) is 5.69 Å². The fourth-order valence-electron chi connectivity index (χ4n) is 4.04. The zero-order valence-electron chi connectivity index (χ0n) is 14.6. The van der Waals surface area contributed by atoms with E-state index in [1.165, 1.54) is 38.5 Å². The van der Waals surface area contributed by atoms with Crippen LogP contribution < -0.4 is 10.6 Å². The Morgan fingerprint density at radius 2 is 1.92 bits per heavy atom. The maximum Gasteiger partial charge on any atom is 0.243 e. The minimum atomic E-state index is -0.0473. The van der Waals surface area contributed by atoms with Crippen molar-refractivity contribution in [3.8, 4) is 0 Å². The molecule has 2 aliphatic rings. The Morgan fingerprint density at radius 1 is 1.17 bits per heavy atom. The number of benzene rings is 1. The van der Waals surface area contributed by atoms with Gasteiger partial charge in [-0.15, -0.1) is 0 Å². The van der Waals surface area contributed by atoms with Crippen LogP contribution in [0, 0.1) is 5.41 Å². The van der Waals surface area contributed by atoms with Crippen LogP contribution in [0.2, 0.25) is 0 Å². The van der Waals surface area contributed by atoms with Crippen molar-refractivity contribution in [2.24, 2.45) is 10.4 Å². The summed E-state index contributed by atoms with van der Waals surface area (Å²) in [6.45, 7) is 2.36. The van der Waals surface area contributed by atoms with E-state index in [2.05, 4.69) is 20.5 Å². The van der Waals surface area contributed by atoms with Crippen molar-refractivity contribution in [3.63, 3.8) is 0 Å². The Hall–Kier alpha value is -2.04. The van der Waals surface area contributed by atoms with Crippen LogP contribution in [0.25, 0.3) is 0 Å². The molecule has 0 unspecified atom stereocenters. The zero-order valence-corrected chi connectivity index (χ0v) is 14.6. The van der Waals surface area contributed by atoms with E-state index in [0.29, 0.717) is 5.41 Å². The Kier molecular flexibility index (Phi) is 5.38. The summed E-state index contributed by atoms with van der Waals surface area (Å²) in [6.07, 6.45) is 8.04. The fourth-order valence-corrected chi connectivity index (χ4v) is 4.04. The number of carbonyl (C=O) groups excluding carboxylic acids is 1. The number of hydrogen-bond donors (Lipinski definition) is 2. The molecule has 1 aromatic carbocycles. The highest BCUT2D eigenvalue weighted by Crippen LogP contribution is 2.43. The quantitative estimate of drug-likeness (QED) is 0.663. The maximum atomic E-state index is 12.1. The van der Waals surface area contributed by atoms with Crippen LogP contribution in [-0.2, 0) is 4.79 Å². The van der Waals surface area contributed by atoms with Crippen molar-refractivity contribution in [1.29, 1.82) is 0 Å². The monoisotopic (exact) mass is 328 g/mol. The lowest BCUT2D eigenvalue weighted by Crippen LogP contribution is -2.44. The lowest BCUT2D eigenvalue weighted by molar-refractivity contribution is -0.115. The van der Waals surface area contributed by atoms with Gasteiger partial charge < -0.3 is 15.5 Å². The van der Waals surface area contributed by atoms with Crippen molar-refractivity contribution in [2.45, 2.75) is 38.5 Å². The van der Waals surface area contributed by atoms with Gasteiger partial charge >= 0.3 is 0 Å². The molecule has 0 bridgehead atoms. The first-order valence-corrected chi connectivity index (χ1v) is 9.01. The number of rotatable bonds is 3. The first-order chi connectivity index (χ1) is 11.7. The molecule has 5 heteroatoms. The molecule has 1 heterocycles. The number of carbonyl (C=O) groups is 1. The highest BCUT2D eigenvalue weighted by Gasteiger charge is 2.39. The predicted molar refractivity (Wildman–Crippen MR) is 98.1 cm³/mol. The third-order valence-corrected chi connectivity index (χ3v) is 5.33. The molecule has 1 aromatic rings. The molecule has 0 atom stereocenters. The summed E-state index contributed by atoms with van der Waals surface area (Å²) < 4.78 is 0. The van der Waals surface area contributed by atoms with E-state index in [1.807, 2.05) is 30.3 Å². The smallest absolute Gasteiger partial charge is 0.243 e. The topological polar surface area (TPSA) is 56.7 Å². The first kappa shape index (κ1) is 16.8. The van der Waals surface area contributed by atoms with Crippen molar-refractivity contribution >= 4 is 17.6 Å². The van der Waals surface area contributed by atoms with Crippen LogP contribution >= 0.6 is 0 Å². The second-order valence-corrected chi connectivity index (χ2v) is 7.05. The molecule has 1 saturated carbocycles. The number of anilines is 1. The molecule has 1 spiro atoms. The van der Waals surface area contributed by atoms with Crippen LogP contribution in [0.3, 0.4) is 0 Å². The third-order valence-electron chi connectivity index (χ3n) is 5.33. The van der Waals surface area contributed by atoms with Gasteiger partial charge in [0.05, 0.1) is 6.54 Å². The van der Waals surface area contributed by atoms with E-state index in [0.717, 1.165) is 24.7 Å². The Balaban J connectivity index is 1.49. The van der Waals surface area contributed by atoms with Gasteiger partial charge in [-0.3, -0.25) is 9.79 Å². The van der Waals surface area contributed by atoms with Gasteiger partial charge in [0.1, 0.15) is 0 Å². The summed E-state index contributed by atoms with van der Waals surface area (Å²) in [5.74, 6) is 0.801. The molecular formula is C19H28N4O. The minimum Gasteiger partial charge on any atom is -0.347 e. The fraction of sp³-hybridized carbons (Fsp3) is 0.579. The molecule has 0 aromatic heterocycles. The van der Waals surface area contributed by atoms with Gasteiger partial charge in [-0.05, 0) is 36.8 Å². The molecule has 3 rings (SSSR count). The second-order valence-electron chi connectivity index (χ2n) is 7.05. The van der Waals surface area contributed by atoms with Gasteiger partial charge in [0.15, 0.2) is 5.96 Å². The minimum absolute atomic E-state index is 0.0473. The van der Waals surface area contributed by atoms with Gasteiger partial charge in [-0.25, -0.2) is 0 Å². The number of nitrogens with zero attached hydrogens (tertiary/aromatic N) is 2. The number of amides is 1. The Morgan fingerprint density at radius 3 is 2.62 bits per heavy atom. The van der Waals surface area contributed by atoms with Crippen LogP contribution in [0.5, 0.6) is 0 Å². The lowest BCUT2D eigenvalue weighted by atomic mass is 9.73. The van der Waals surface area contributed by atoms with E-state index >= 15 is 0 Å². The number of likely N-dealkylation sites (tertiary alicyclic amines) is 1. The Labute approximate surface area is 144 Å². The third kappa shape index (κ3) is 4.08. The second kappa shape index (κ2) is 7.69. The number of para-hydroxylation sites is 1. The molecule has 1 amide bonds. The largest absolute Gasteiger partial charge is 0.347 e. The van der Waals surface area contributed by atoms with E-state index < -0.39 is 0 Å². The molecule has 2 fully saturated rings. The molecule has 0 radical (unpaired) electrons. The van der Waals surface area contributed by atoms with Crippen LogP contribution in [0.1, 0.15) is 38.5 Å². The molecule has 5 nitrogen and oxygen atoms in total. The molecule has 2 N–H and O–H groups in total. The van der Waals surface area contributed by atoms with Gasteiger partial charge in [0.2, 0.25) is 5.91 Å². The Bertz CT molecular complexity index is 578. The van der Waals surface area contributed by atoms with Gasteiger partial charge in [-0.2, -0.15) is 0 Å². The normalized spacial score (nSPS) is 20.2. The summed E-state index contributed by atoms with van der Waals surface area (Å²) >= 11 is 0. The highest BCUT2D eigenvalue weighted by molar-refractivity contribution is 5.95. The summed E-state index contributed by atoms with van der Waals surface area (Å²) in [4.78, 5) is 18.8. The number of aliphatic imine (C=N–C) groups is 1. The van der Waals surface area contributed by atoms with E-state index in [4.69, 9.17) is 0 Å². The standard InChI is InChI=1S/C19H28N4O/c1-20-18(21-14-17(24)22-16-8-4-2-5-9-16)23-13-12-19(15-23)10-6-3-7-11-19/h2,4-5,8-9H,3,6-7,10-15H2,1H3,(H,20,21)(H,22,24). The molecule has 130 valence electrons. The molecule has 1 aliphatic heterocycles. The summed E-state index contributed by atoms with van der Waals surface area (Å²) in [5.41, 5.74) is 1.31. The number of hydrogen-bond acceptors (Lipinski definition) is 2.